The maximum absolute atomic E-state index is 12.5. The molecule has 1 aliphatic rings. The van der Waals surface area contributed by atoms with Gasteiger partial charge in [-0.15, -0.1) is 5.10 Å². The summed E-state index contributed by atoms with van der Waals surface area (Å²) in [7, 11) is 0. The van der Waals surface area contributed by atoms with Gasteiger partial charge in [-0.3, -0.25) is 9.59 Å². The summed E-state index contributed by atoms with van der Waals surface area (Å²) in [4.78, 5) is 24.5. The van der Waals surface area contributed by atoms with E-state index >= 15 is 0 Å². The maximum Gasteiger partial charge on any atom is 0.238 e. The van der Waals surface area contributed by atoms with Crippen molar-refractivity contribution in [3.8, 4) is 5.75 Å². The van der Waals surface area contributed by atoms with Crippen LogP contribution < -0.4 is 15.4 Å². The average molecular weight is 396 g/mol. The van der Waals surface area contributed by atoms with Crippen LogP contribution in [0.3, 0.4) is 0 Å². The van der Waals surface area contributed by atoms with Gasteiger partial charge in [0.25, 0.3) is 0 Å². The van der Waals surface area contributed by atoms with Crippen molar-refractivity contribution in [3.05, 3.63) is 60.2 Å². The zero-order chi connectivity index (χ0) is 19.8. The van der Waals surface area contributed by atoms with Crippen LogP contribution in [0.4, 0.5) is 5.69 Å². The van der Waals surface area contributed by atoms with Gasteiger partial charge in [0.15, 0.2) is 5.17 Å². The van der Waals surface area contributed by atoms with Crippen molar-refractivity contribution in [1.29, 1.82) is 0 Å². The highest BCUT2D eigenvalue weighted by atomic mass is 32.2. The summed E-state index contributed by atoms with van der Waals surface area (Å²) in [6, 6.07) is 16.6. The highest BCUT2D eigenvalue weighted by Crippen LogP contribution is 2.23. The van der Waals surface area contributed by atoms with Crippen LogP contribution in [0.25, 0.3) is 0 Å². The normalized spacial score (nSPS) is 18.1. The van der Waals surface area contributed by atoms with Gasteiger partial charge in [0.05, 0.1) is 12.8 Å². The zero-order valence-electron chi connectivity index (χ0n) is 15.3. The van der Waals surface area contributed by atoms with E-state index in [1.807, 2.05) is 37.3 Å². The van der Waals surface area contributed by atoms with Crippen LogP contribution in [0, 0.1) is 0 Å². The van der Waals surface area contributed by atoms with Crippen molar-refractivity contribution in [3.63, 3.8) is 0 Å². The number of amidine groups is 1. The van der Waals surface area contributed by atoms with Gasteiger partial charge in [-0.05, 0) is 36.8 Å². The number of anilines is 1. The molecular weight excluding hydrogens is 376 g/mol. The number of hydrogen-bond acceptors (Lipinski definition) is 6. The van der Waals surface area contributed by atoms with E-state index in [-0.39, 0.29) is 18.2 Å². The van der Waals surface area contributed by atoms with Gasteiger partial charge in [-0.1, -0.05) is 42.1 Å². The Labute approximate surface area is 167 Å². The Morgan fingerprint density at radius 1 is 1.25 bits per heavy atom. The molecule has 144 valence electrons. The molecule has 2 aromatic carbocycles. The summed E-state index contributed by atoms with van der Waals surface area (Å²) in [6.07, 6.45) is 1.66. The Bertz CT molecular complexity index is 882. The van der Waals surface area contributed by atoms with E-state index < -0.39 is 5.25 Å². The first kappa shape index (κ1) is 19.6. The molecule has 28 heavy (non-hydrogen) atoms. The number of thioether (sulfide) groups is 1. The number of carbonyl (C=O) groups excluding carboxylic acids is 2. The van der Waals surface area contributed by atoms with Crippen LogP contribution in [0.15, 0.2) is 64.8 Å². The van der Waals surface area contributed by atoms with Gasteiger partial charge in [0.1, 0.15) is 11.0 Å². The molecule has 0 spiro atoms. The average Bonchev–Trinajstić information content (AvgIpc) is 2.70. The van der Waals surface area contributed by atoms with Crippen LogP contribution in [-0.2, 0) is 9.59 Å². The van der Waals surface area contributed by atoms with Crippen LogP contribution >= 0.6 is 11.8 Å². The number of rotatable bonds is 6. The lowest BCUT2D eigenvalue weighted by Crippen LogP contribution is -2.41. The summed E-state index contributed by atoms with van der Waals surface area (Å²) in [5, 5.41) is 13.2. The van der Waals surface area contributed by atoms with E-state index in [9.17, 15) is 9.59 Å². The third kappa shape index (κ3) is 5.68. The van der Waals surface area contributed by atoms with Crippen molar-refractivity contribution in [2.75, 3.05) is 11.9 Å². The number of benzene rings is 2. The molecule has 1 heterocycles. The summed E-state index contributed by atoms with van der Waals surface area (Å²) in [5.74, 6) is 0.209. The molecule has 2 N–H and O–H groups in total. The van der Waals surface area contributed by atoms with Crippen molar-refractivity contribution in [1.82, 2.24) is 5.32 Å². The molecule has 1 fully saturated rings. The summed E-state index contributed by atoms with van der Waals surface area (Å²) < 4.78 is 5.38. The topological polar surface area (TPSA) is 92.1 Å². The predicted molar refractivity (Wildman–Crippen MR) is 112 cm³/mol. The Hall–Kier alpha value is -3.13. The molecule has 0 aliphatic carbocycles. The number of nitrogens with zero attached hydrogens (tertiary/aromatic N) is 2. The molecule has 0 bridgehead atoms. The molecular formula is C20H20N4O3S. The van der Waals surface area contributed by atoms with E-state index in [1.165, 1.54) is 11.8 Å². The van der Waals surface area contributed by atoms with Gasteiger partial charge < -0.3 is 15.4 Å². The molecule has 8 heteroatoms. The summed E-state index contributed by atoms with van der Waals surface area (Å²) in [6.45, 7) is 2.48. The minimum atomic E-state index is -0.578. The number of nitrogens with one attached hydrogen (secondary N) is 2. The minimum absolute atomic E-state index is 0.0783. The van der Waals surface area contributed by atoms with Crippen molar-refractivity contribution >= 4 is 40.6 Å². The number of ether oxygens (including phenoxy) is 1. The Balaban J connectivity index is 1.61. The first-order valence-corrected chi connectivity index (χ1v) is 9.68. The molecule has 7 nitrogen and oxygen atoms in total. The Kier molecular flexibility index (Phi) is 6.80. The molecule has 0 saturated carbocycles. The number of hydrogen-bond donors (Lipinski definition) is 2. The fourth-order valence-electron chi connectivity index (χ4n) is 2.45. The summed E-state index contributed by atoms with van der Waals surface area (Å²) >= 11 is 1.18. The third-order valence-corrected chi connectivity index (χ3v) is 4.82. The van der Waals surface area contributed by atoms with Gasteiger partial charge in [-0.2, -0.15) is 5.10 Å². The molecule has 2 amide bonds. The molecule has 2 aromatic rings. The molecule has 1 atom stereocenters. The van der Waals surface area contributed by atoms with E-state index in [1.54, 1.807) is 30.5 Å². The van der Waals surface area contributed by atoms with Crippen molar-refractivity contribution in [2.24, 2.45) is 10.2 Å². The lowest BCUT2D eigenvalue weighted by Gasteiger charge is -2.21. The predicted octanol–water partition coefficient (Wildman–Crippen LogP) is 3.04. The van der Waals surface area contributed by atoms with Crippen LogP contribution in [0.2, 0.25) is 0 Å². The van der Waals surface area contributed by atoms with Crippen molar-refractivity contribution in [2.45, 2.75) is 18.6 Å². The van der Waals surface area contributed by atoms with Crippen LogP contribution in [-0.4, -0.2) is 35.1 Å². The van der Waals surface area contributed by atoms with Crippen LogP contribution in [0.1, 0.15) is 18.9 Å². The van der Waals surface area contributed by atoms with Gasteiger partial charge in [0.2, 0.25) is 11.8 Å². The fourth-order valence-corrected chi connectivity index (χ4v) is 3.39. The number of amides is 2. The summed E-state index contributed by atoms with van der Waals surface area (Å²) in [5.41, 5.74) is 1.53. The SMILES string of the molecule is CCOc1ccc(NC(=O)C2CC(=O)N/C(=N\N=C\c3ccccc3)S2)cc1. The third-order valence-electron chi connectivity index (χ3n) is 3.75. The van der Waals surface area contributed by atoms with E-state index in [0.29, 0.717) is 17.5 Å². The van der Waals surface area contributed by atoms with Crippen molar-refractivity contribution < 1.29 is 14.3 Å². The highest BCUT2D eigenvalue weighted by molar-refractivity contribution is 8.15. The maximum atomic E-state index is 12.5. The highest BCUT2D eigenvalue weighted by Gasteiger charge is 2.30. The van der Waals surface area contributed by atoms with E-state index in [4.69, 9.17) is 4.74 Å². The molecule has 0 aromatic heterocycles. The van der Waals surface area contributed by atoms with E-state index in [0.717, 1.165) is 11.3 Å². The molecule has 1 saturated heterocycles. The monoisotopic (exact) mass is 396 g/mol. The quantitative estimate of drug-likeness (QED) is 0.580. The second-order valence-electron chi connectivity index (χ2n) is 5.87. The van der Waals surface area contributed by atoms with E-state index in [2.05, 4.69) is 20.8 Å². The molecule has 0 radical (unpaired) electrons. The first-order valence-electron chi connectivity index (χ1n) is 8.80. The zero-order valence-corrected chi connectivity index (χ0v) is 16.1. The Morgan fingerprint density at radius 2 is 2.00 bits per heavy atom. The fraction of sp³-hybridized carbons (Fsp3) is 0.200. The molecule has 3 rings (SSSR count). The standard InChI is InChI=1S/C20H20N4O3S/c1-2-27-16-10-8-15(9-11-16)22-19(26)17-12-18(25)23-20(28-17)24-21-13-14-6-4-3-5-7-14/h3-11,13,17H,2,12H2,1H3,(H,22,26)(H,23,24,25)/b21-13+. The lowest BCUT2D eigenvalue weighted by atomic mass is 10.2. The minimum Gasteiger partial charge on any atom is -0.494 e. The second kappa shape index (κ2) is 9.70. The van der Waals surface area contributed by atoms with Gasteiger partial charge >= 0.3 is 0 Å². The second-order valence-corrected chi connectivity index (χ2v) is 7.06. The Morgan fingerprint density at radius 3 is 2.71 bits per heavy atom. The lowest BCUT2D eigenvalue weighted by molar-refractivity contribution is -0.123. The van der Waals surface area contributed by atoms with Crippen LogP contribution in [0.5, 0.6) is 5.75 Å². The first-order chi connectivity index (χ1) is 13.6. The van der Waals surface area contributed by atoms with Gasteiger partial charge in [0, 0.05) is 12.1 Å². The molecule has 1 aliphatic heterocycles. The molecule has 1 unspecified atom stereocenters. The van der Waals surface area contributed by atoms with Gasteiger partial charge in [-0.25, -0.2) is 0 Å². The largest absolute Gasteiger partial charge is 0.494 e. The smallest absolute Gasteiger partial charge is 0.238 e. The number of carbonyl (C=O) groups is 2.